The van der Waals surface area contributed by atoms with Gasteiger partial charge < -0.3 is 4.74 Å². The molecule has 23 heavy (non-hydrogen) atoms. The minimum Gasteiger partial charge on any atom is -0.365 e. The molecule has 0 spiro atoms. The van der Waals surface area contributed by atoms with E-state index in [0.717, 1.165) is 5.01 Å². The average Bonchev–Trinajstić information content (AvgIpc) is 3.21. The second-order valence-corrected chi connectivity index (χ2v) is 5.59. The highest BCUT2D eigenvalue weighted by atomic mass is 16.6. The van der Waals surface area contributed by atoms with Gasteiger partial charge in [0, 0.05) is 17.7 Å². The maximum absolute atomic E-state index is 12.4. The van der Waals surface area contributed by atoms with Crippen LogP contribution in [0.5, 0.6) is 0 Å². The van der Waals surface area contributed by atoms with Gasteiger partial charge in [-0.25, -0.2) is 0 Å². The Balaban J connectivity index is 1.58. The fraction of sp³-hybridized carbons (Fsp3) is 0.267. The summed E-state index contributed by atoms with van der Waals surface area (Å²) in [6.45, 7) is 0. The van der Waals surface area contributed by atoms with Gasteiger partial charge in [0.15, 0.2) is 0 Å². The van der Waals surface area contributed by atoms with Crippen LogP contribution < -0.4 is 0 Å². The number of fused-ring (bicyclic) bond motifs is 5. The molecule has 116 valence electrons. The van der Waals surface area contributed by atoms with Gasteiger partial charge in [0.1, 0.15) is 0 Å². The van der Waals surface area contributed by atoms with Gasteiger partial charge >= 0.3 is 0 Å². The quantitative estimate of drug-likeness (QED) is 0.271. The van der Waals surface area contributed by atoms with Gasteiger partial charge in [-0.2, -0.15) is 10.1 Å². The molecule has 4 rings (SSSR count). The van der Waals surface area contributed by atoms with Gasteiger partial charge in [-0.15, -0.1) is 0 Å². The zero-order valence-corrected chi connectivity index (χ0v) is 11.7. The van der Waals surface area contributed by atoms with Crippen LogP contribution >= 0.6 is 0 Å². The fourth-order valence-corrected chi connectivity index (χ4v) is 3.24. The molecule has 4 atom stereocenters. The largest absolute Gasteiger partial charge is 0.365 e. The third kappa shape index (κ3) is 1.99. The van der Waals surface area contributed by atoms with Crippen LogP contribution in [0.2, 0.25) is 0 Å². The number of nitro benzene ring substituents is 1. The number of benzene rings is 1. The molecule has 8 nitrogen and oxygen atoms in total. The number of hydrazone groups is 1. The van der Waals surface area contributed by atoms with Gasteiger partial charge in [0.2, 0.25) is 0 Å². The van der Waals surface area contributed by atoms with Crippen molar-refractivity contribution < 1.29 is 19.2 Å². The van der Waals surface area contributed by atoms with Gasteiger partial charge in [-0.05, 0) is 0 Å². The summed E-state index contributed by atoms with van der Waals surface area (Å²) in [6.07, 6.45) is 4.15. The lowest BCUT2D eigenvalue weighted by Crippen LogP contribution is -2.30. The Morgan fingerprint density at radius 2 is 1.83 bits per heavy atom. The number of imide groups is 1. The molecule has 0 unspecified atom stereocenters. The summed E-state index contributed by atoms with van der Waals surface area (Å²) in [4.78, 5) is 34.9. The van der Waals surface area contributed by atoms with Crippen LogP contribution in [-0.4, -0.2) is 40.2 Å². The molecular weight excluding hydrogens is 302 g/mol. The van der Waals surface area contributed by atoms with Crippen LogP contribution in [0.4, 0.5) is 5.69 Å². The summed E-state index contributed by atoms with van der Waals surface area (Å²) in [5.41, 5.74) is 0.356. The average molecular weight is 313 g/mol. The SMILES string of the molecule is O=C1[C@@H]2[C@H](C(=O)N1/N=C\c1cccc([N+](=O)[O-])c1)[C@H]1C=C[C@@H]2O1. The number of carbonyl (C=O) groups is 2. The van der Waals surface area contributed by atoms with Crippen molar-refractivity contribution in [3.05, 3.63) is 52.1 Å². The lowest BCUT2D eigenvalue weighted by molar-refractivity contribution is -0.384. The second kappa shape index (κ2) is 4.82. The molecule has 1 aromatic rings. The first kappa shape index (κ1) is 13.8. The molecule has 3 aliphatic heterocycles. The van der Waals surface area contributed by atoms with E-state index in [2.05, 4.69) is 5.10 Å². The normalized spacial score (nSPS) is 31.4. The van der Waals surface area contributed by atoms with Crippen LogP contribution in [-0.2, 0) is 14.3 Å². The highest BCUT2D eigenvalue weighted by Gasteiger charge is 2.61. The van der Waals surface area contributed by atoms with E-state index < -0.39 is 28.6 Å². The topological polar surface area (TPSA) is 102 Å². The number of carbonyl (C=O) groups excluding carboxylic acids is 2. The highest BCUT2D eigenvalue weighted by molar-refractivity contribution is 6.07. The van der Waals surface area contributed by atoms with Crippen molar-refractivity contribution in [2.75, 3.05) is 0 Å². The van der Waals surface area contributed by atoms with Gasteiger partial charge in [-0.3, -0.25) is 19.7 Å². The number of nitro groups is 1. The molecule has 0 radical (unpaired) electrons. The van der Waals surface area contributed by atoms with Gasteiger partial charge in [-0.1, -0.05) is 24.3 Å². The van der Waals surface area contributed by atoms with Crippen molar-refractivity contribution in [2.45, 2.75) is 12.2 Å². The summed E-state index contributed by atoms with van der Waals surface area (Å²) in [7, 11) is 0. The number of amides is 2. The predicted molar refractivity (Wildman–Crippen MR) is 77.3 cm³/mol. The van der Waals surface area contributed by atoms with Crippen molar-refractivity contribution in [1.82, 2.24) is 5.01 Å². The van der Waals surface area contributed by atoms with E-state index in [1.165, 1.54) is 24.4 Å². The molecule has 1 aromatic carbocycles. The maximum atomic E-state index is 12.4. The standard InChI is InChI=1S/C15H11N3O5/c19-14-12-10-4-5-11(23-10)13(12)15(20)17(14)16-7-8-2-1-3-9(6-8)18(21)22/h1-7,10-13H/b16-7-/t10-,11+,12-,13+. The molecule has 2 bridgehead atoms. The van der Waals surface area contributed by atoms with Crippen LogP contribution in [0.3, 0.4) is 0 Å². The van der Waals surface area contributed by atoms with E-state index in [-0.39, 0.29) is 17.9 Å². The van der Waals surface area contributed by atoms with Crippen molar-refractivity contribution in [2.24, 2.45) is 16.9 Å². The highest BCUT2D eigenvalue weighted by Crippen LogP contribution is 2.45. The summed E-state index contributed by atoms with van der Waals surface area (Å²) in [5, 5.41) is 15.5. The number of rotatable bonds is 3. The maximum Gasteiger partial charge on any atom is 0.270 e. The zero-order chi connectivity index (χ0) is 16.1. The molecule has 2 fully saturated rings. The van der Waals surface area contributed by atoms with Crippen molar-refractivity contribution >= 4 is 23.7 Å². The Morgan fingerprint density at radius 3 is 2.43 bits per heavy atom. The number of hydrogen-bond donors (Lipinski definition) is 0. The van der Waals surface area contributed by atoms with E-state index >= 15 is 0 Å². The smallest absolute Gasteiger partial charge is 0.270 e. The van der Waals surface area contributed by atoms with Crippen LogP contribution in [0, 0.1) is 22.0 Å². The summed E-state index contributed by atoms with van der Waals surface area (Å²) in [6, 6.07) is 5.80. The van der Waals surface area contributed by atoms with Crippen molar-refractivity contribution in [1.29, 1.82) is 0 Å². The number of non-ortho nitro benzene ring substituents is 1. The first-order valence-corrected chi connectivity index (χ1v) is 7.06. The lowest BCUT2D eigenvalue weighted by Gasteiger charge is -2.11. The number of ether oxygens (including phenoxy) is 1. The minimum absolute atomic E-state index is 0.0828. The molecule has 0 N–H and O–H groups in total. The lowest BCUT2D eigenvalue weighted by atomic mass is 9.85. The van der Waals surface area contributed by atoms with E-state index in [1.54, 1.807) is 18.2 Å². The molecule has 3 aliphatic rings. The molecule has 3 heterocycles. The van der Waals surface area contributed by atoms with E-state index in [4.69, 9.17) is 4.74 Å². The van der Waals surface area contributed by atoms with E-state index in [9.17, 15) is 19.7 Å². The molecule has 0 saturated carbocycles. The summed E-state index contributed by atoms with van der Waals surface area (Å²) in [5.74, 6) is -1.81. The zero-order valence-electron chi connectivity index (χ0n) is 11.7. The Morgan fingerprint density at radius 1 is 1.17 bits per heavy atom. The minimum atomic E-state index is -0.519. The molecule has 2 amide bonds. The third-order valence-electron chi connectivity index (χ3n) is 4.29. The summed E-state index contributed by atoms with van der Waals surface area (Å²) < 4.78 is 5.53. The second-order valence-electron chi connectivity index (χ2n) is 5.59. The third-order valence-corrected chi connectivity index (χ3v) is 4.29. The Labute approximate surface area is 130 Å². The van der Waals surface area contributed by atoms with Crippen LogP contribution in [0.1, 0.15) is 5.56 Å². The Kier molecular flexibility index (Phi) is 2.88. The fourth-order valence-electron chi connectivity index (χ4n) is 3.24. The van der Waals surface area contributed by atoms with Crippen molar-refractivity contribution in [3.8, 4) is 0 Å². The molecular formula is C15H11N3O5. The molecule has 0 aromatic heterocycles. The summed E-state index contributed by atoms with van der Waals surface area (Å²) >= 11 is 0. The predicted octanol–water partition coefficient (Wildman–Crippen LogP) is 0.867. The van der Waals surface area contributed by atoms with Crippen LogP contribution in [0.25, 0.3) is 0 Å². The first-order valence-electron chi connectivity index (χ1n) is 7.06. The molecule has 2 saturated heterocycles. The van der Waals surface area contributed by atoms with Crippen molar-refractivity contribution in [3.63, 3.8) is 0 Å². The number of nitrogens with zero attached hydrogens (tertiary/aromatic N) is 3. The first-order chi connectivity index (χ1) is 11.1. The van der Waals surface area contributed by atoms with E-state index in [0.29, 0.717) is 5.56 Å². The Hall–Kier alpha value is -2.87. The van der Waals surface area contributed by atoms with E-state index in [1.807, 2.05) is 0 Å². The monoisotopic (exact) mass is 313 g/mol. The van der Waals surface area contributed by atoms with Gasteiger partial charge in [0.25, 0.3) is 17.5 Å². The molecule has 0 aliphatic carbocycles. The number of hydrogen-bond acceptors (Lipinski definition) is 6. The van der Waals surface area contributed by atoms with Crippen LogP contribution in [0.15, 0.2) is 41.5 Å². The van der Waals surface area contributed by atoms with Gasteiger partial charge in [0.05, 0.1) is 35.2 Å². The Bertz CT molecular complexity index is 757. The molecule has 8 heteroatoms.